The minimum absolute atomic E-state index is 0.0757. The number of nitrogens with zero attached hydrogens (tertiary/aromatic N) is 1. The van der Waals surface area contributed by atoms with Gasteiger partial charge in [-0.25, -0.2) is 0 Å². The molecule has 0 aliphatic heterocycles. The lowest BCUT2D eigenvalue weighted by Gasteiger charge is -2.08. The molecule has 0 saturated heterocycles. The maximum absolute atomic E-state index is 12.2. The van der Waals surface area contributed by atoms with Crippen molar-refractivity contribution in [3.63, 3.8) is 0 Å². The predicted octanol–water partition coefficient (Wildman–Crippen LogP) is 3.37. The highest BCUT2D eigenvalue weighted by atomic mass is 79.9. The zero-order chi connectivity index (χ0) is 16.4. The smallest absolute Gasteiger partial charge is 0.268 e. The van der Waals surface area contributed by atoms with Crippen molar-refractivity contribution < 1.29 is 9.59 Å². The Hall–Kier alpha value is -2.12. The molecule has 0 fully saturated rings. The number of hydrogen-bond acceptors (Lipinski definition) is 3. The number of thiophene rings is 1. The Labute approximate surface area is 145 Å². The lowest BCUT2D eigenvalue weighted by Crippen LogP contribution is -2.33. The molecule has 0 saturated carbocycles. The zero-order valence-corrected chi connectivity index (χ0v) is 14.7. The van der Waals surface area contributed by atoms with E-state index in [4.69, 9.17) is 0 Å². The molecule has 5 nitrogen and oxygen atoms in total. The summed E-state index contributed by atoms with van der Waals surface area (Å²) in [4.78, 5) is 24.1. The second-order valence-corrected chi connectivity index (χ2v) is 6.86. The molecule has 0 bridgehead atoms. The van der Waals surface area contributed by atoms with Gasteiger partial charge in [0.1, 0.15) is 5.69 Å². The standard InChI is InChI=1S/C16H14BrN3O2S/c1-20-12-6-7-23-14(12)8-13(20)16(22)18-9-15(21)19-11-4-2-10(17)3-5-11/h2-8H,9H2,1H3,(H,18,22)(H,19,21). The van der Waals surface area contributed by atoms with Crippen LogP contribution in [0.25, 0.3) is 10.2 Å². The third kappa shape index (κ3) is 3.46. The molecule has 3 rings (SSSR count). The molecule has 0 atom stereocenters. The molecule has 3 aromatic rings. The van der Waals surface area contributed by atoms with Gasteiger partial charge >= 0.3 is 0 Å². The van der Waals surface area contributed by atoms with E-state index in [1.165, 1.54) is 0 Å². The minimum Gasteiger partial charge on any atom is -0.342 e. The van der Waals surface area contributed by atoms with E-state index in [0.717, 1.165) is 14.7 Å². The van der Waals surface area contributed by atoms with Crippen LogP contribution in [0.3, 0.4) is 0 Å². The van der Waals surface area contributed by atoms with Crippen LogP contribution in [0.2, 0.25) is 0 Å². The number of aryl methyl sites for hydroxylation is 1. The van der Waals surface area contributed by atoms with Crippen LogP contribution in [0.5, 0.6) is 0 Å². The van der Waals surface area contributed by atoms with E-state index in [1.807, 2.05) is 41.3 Å². The van der Waals surface area contributed by atoms with E-state index in [-0.39, 0.29) is 18.4 Å². The molecular weight excluding hydrogens is 378 g/mol. The molecule has 2 N–H and O–H groups in total. The summed E-state index contributed by atoms with van der Waals surface area (Å²) < 4.78 is 3.82. The van der Waals surface area contributed by atoms with E-state index in [2.05, 4.69) is 26.6 Å². The number of fused-ring (bicyclic) bond motifs is 1. The van der Waals surface area contributed by atoms with Crippen molar-refractivity contribution in [1.29, 1.82) is 0 Å². The molecule has 0 aliphatic carbocycles. The highest BCUT2D eigenvalue weighted by molar-refractivity contribution is 9.10. The van der Waals surface area contributed by atoms with Gasteiger partial charge in [-0.05, 0) is 41.8 Å². The Kier molecular flexibility index (Phi) is 4.49. The van der Waals surface area contributed by atoms with Gasteiger partial charge in [-0.1, -0.05) is 15.9 Å². The van der Waals surface area contributed by atoms with Gasteiger partial charge < -0.3 is 15.2 Å². The molecule has 0 aliphatic rings. The second kappa shape index (κ2) is 6.55. The van der Waals surface area contributed by atoms with Crippen molar-refractivity contribution in [2.45, 2.75) is 0 Å². The molecule has 23 heavy (non-hydrogen) atoms. The Morgan fingerprint density at radius 3 is 2.65 bits per heavy atom. The molecule has 2 amide bonds. The van der Waals surface area contributed by atoms with Crippen LogP contribution < -0.4 is 10.6 Å². The molecule has 0 spiro atoms. The van der Waals surface area contributed by atoms with Gasteiger partial charge in [0.25, 0.3) is 5.91 Å². The largest absolute Gasteiger partial charge is 0.342 e. The number of benzene rings is 1. The lowest BCUT2D eigenvalue weighted by molar-refractivity contribution is -0.115. The minimum atomic E-state index is -0.267. The van der Waals surface area contributed by atoms with Crippen molar-refractivity contribution in [3.8, 4) is 0 Å². The SMILES string of the molecule is Cn1c(C(=O)NCC(=O)Nc2ccc(Br)cc2)cc2sccc21. The topological polar surface area (TPSA) is 63.1 Å². The Morgan fingerprint density at radius 2 is 1.96 bits per heavy atom. The Morgan fingerprint density at radius 1 is 1.22 bits per heavy atom. The van der Waals surface area contributed by atoms with Crippen LogP contribution in [0, 0.1) is 0 Å². The average Bonchev–Trinajstić information content (AvgIpc) is 3.11. The van der Waals surface area contributed by atoms with Crippen molar-refractivity contribution in [1.82, 2.24) is 9.88 Å². The maximum atomic E-state index is 12.2. The molecule has 0 unspecified atom stereocenters. The molecule has 7 heteroatoms. The Balaban J connectivity index is 1.60. The fraction of sp³-hybridized carbons (Fsp3) is 0.125. The van der Waals surface area contributed by atoms with Gasteiger partial charge in [0.15, 0.2) is 0 Å². The first-order valence-electron chi connectivity index (χ1n) is 6.91. The van der Waals surface area contributed by atoms with Gasteiger partial charge in [-0.15, -0.1) is 11.3 Å². The van der Waals surface area contributed by atoms with Gasteiger partial charge in [0.05, 0.1) is 16.8 Å². The van der Waals surface area contributed by atoms with E-state index < -0.39 is 0 Å². The molecule has 1 aromatic carbocycles. The highest BCUT2D eigenvalue weighted by Gasteiger charge is 2.14. The van der Waals surface area contributed by atoms with Crippen LogP contribution in [0.1, 0.15) is 10.5 Å². The van der Waals surface area contributed by atoms with Gasteiger partial charge in [-0.2, -0.15) is 0 Å². The number of amides is 2. The van der Waals surface area contributed by atoms with Crippen LogP contribution in [0.15, 0.2) is 46.3 Å². The number of carbonyl (C=O) groups is 2. The van der Waals surface area contributed by atoms with Gasteiger partial charge in [-0.3, -0.25) is 9.59 Å². The summed E-state index contributed by atoms with van der Waals surface area (Å²) in [5.41, 5.74) is 2.24. The number of carbonyl (C=O) groups excluding carboxylic acids is 2. The molecular formula is C16H14BrN3O2S. The number of hydrogen-bond donors (Lipinski definition) is 2. The number of rotatable bonds is 4. The van der Waals surface area contributed by atoms with E-state index in [0.29, 0.717) is 11.4 Å². The second-order valence-electron chi connectivity index (χ2n) is 5.00. The first-order chi connectivity index (χ1) is 11.0. The van der Waals surface area contributed by atoms with Gasteiger partial charge in [0, 0.05) is 17.2 Å². The van der Waals surface area contributed by atoms with Gasteiger partial charge in [0.2, 0.25) is 5.91 Å². The first kappa shape index (κ1) is 15.8. The van der Waals surface area contributed by atoms with Crippen LogP contribution in [-0.2, 0) is 11.8 Å². The number of anilines is 1. The first-order valence-corrected chi connectivity index (χ1v) is 8.58. The summed E-state index contributed by atoms with van der Waals surface area (Å²) in [6.07, 6.45) is 0. The molecule has 2 aromatic heterocycles. The quantitative estimate of drug-likeness (QED) is 0.715. The van der Waals surface area contributed by atoms with Crippen LogP contribution >= 0.6 is 27.3 Å². The average molecular weight is 392 g/mol. The molecule has 118 valence electrons. The normalized spacial score (nSPS) is 10.7. The lowest BCUT2D eigenvalue weighted by atomic mass is 10.3. The van der Waals surface area contributed by atoms with Crippen molar-refractivity contribution in [3.05, 3.63) is 51.9 Å². The summed E-state index contributed by atoms with van der Waals surface area (Å²) in [7, 11) is 1.84. The summed E-state index contributed by atoms with van der Waals surface area (Å²) in [5, 5.41) is 7.36. The summed E-state index contributed by atoms with van der Waals surface area (Å²) in [6, 6.07) is 11.1. The zero-order valence-electron chi connectivity index (χ0n) is 12.3. The Bertz CT molecular complexity index is 867. The van der Waals surface area contributed by atoms with E-state index in [9.17, 15) is 9.59 Å². The van der Waals surface area contributed by atoms with Crippen molar-refractivity contribution in [2.75, 3.05) is 11.9 Å². The fourth-order valence-corrected chi connectivity index (χ4v) is 3.37. The third-order valence-electron chi connectivity index (χ3n) is 3.43. The third-order valence-corrected chi connectivity index (χ3v) is 4.82. The monoisotopic (exact) mass is 391 g/mol. The summed E-state index contributed by atoms with van der Waals surface area (Å²) >= 11 is 4.92. The number of halogens is 1. The fourth-order valence-electron chi connectivity index (χ4n) is 2.26. The van der Waals surface area contributed by atoms with Crippen LogP contribution in [-0.4, -0.2) is 22.9 Å². The molecule has 2 heterocycles. The molecule has 0 radical (unpaired) electrons. The van der Waals surface area contributed by atoms with Crippen molar-refractivity contribution in [2.24, 2.45) is 7.05 Å². The summed E-state index contributed by atoms with van der Waals surface area (Å²) in [6.45, 7) is -0.0757. The summed E-state index contributed by atoms with van der Waals surface area (Å²) in [5.74, 6) is -0.529. The maximum Gasteiger partial charge on any atom is 0.268 e. The number of aromatic nitrogens is 1. The predicted molar refractivity (Wildman–Crippen MR) is 95.9 cm³/mol. The number of nitrogens with one attached hydrogen (secondary N) is 2. The highest BCUT2D eigenvalue weighted by Crippen LogP contribution is 2.24. The van der Waals surface area contributed by atoms with Crippen LogP contribution in [0.4, 0.5) is 5.69 Å². The van der Waals surface area contributed by atoms with Crippen molar-refractivity contribution >= 4 is 55.0 Å². The van der Waals surface area contributed by atoms with E-state index in [1.54, 1.807) is 23.5 Å². The van der Waals surface area contributed by atoms with E-state index >= 15 is 0 Å².